The number of rotatable bonds is 7. The molecule has 164 valence electrons. The second-order valence-corrected chi connectivity index (χ2v) is 9.22. The van der Waals surface area contributed by atoms with E-state index in [1.165, 1.54) is 17.3 Å². The van der Waals surface area contributed by atoms with Crippen molar-refractivity contribution in [3.8, 4) is 5.75 Å². The predicted octanol–water partition coefficient (Wildman–Crippen LogP) is 6.73. The summed E-state index contributed by atoms with van der Waals surface area (Å²) in [5.74, 6) is 0.284. The average molecular weight is 485 g/mol. The van der Waals surface area contributed by atoms with Crippen molar-refractivity contribution in [3.63, 3.8) is 0 Å². The zero-order valence-electron chi connectivity index (χ0n) is 17.4. The SMILES string of the molecule is CCc1ccc(N[C@H]2NC(=O)/C(=C/c3cc(Cl)c(OCc4ccccc4)c(Cl)c3)S2)cc1. The minimum atomic E-state index is -0.249. The van der Waals surface area contributed by atoms with Gasteiger partial charge in [-0.05, 0) is 53.5 Å². The number of nitrogens with one attached hydrogen (secondary N) is 2. The molecule has 1 atom stereocenters. The van der Waals surface area contributed by atoms with Crippen LogP contribution >= 0.6 is 35.0 Å². The topological polar surface area (TPSA) is 50.4 Å². The van der Waals surface area contributed by atoms with Crippen molar-refractivity contribution in [3.05, 3.63) is 98.4 Å². The Labute approximate surface area is 202 Å². The van der Waals surface area contributed by atoms with E-state index in [9.17, 15) is 4.79 Å². The number of hydrogen-bond acceptors (Lipinski definition) is 4. The van der Waals surface area contributed by atoms with E-state index in [-0.39, 0.29) is 11.4 Å². The smallest absolute Gasteiger partial charge is 0.260 e. The number of anilines is 1. The summed E-state index contributed by atoms with van der Waals surface area (Å²) in [6.45, 7) is 2.48. The fraction of sp³-hybridized carbons (Fsp3) is 0.160. The number of halogens is 2. The highest BCUT2D eigenvalue weighted by Gasteiger charge is 2.27. The Balaban J connectivity index is 1.44. The molecule has 0 radical (unpaired) electrons. The molecule has 2 N–H and O–H groups in total. The zero-order chi connectivity index (χ0) is 22.5. The Kier molecular flexibility index (Phi) is 7.30. The lowest BCUT2D eigenvalue weighted by Crippen LogP contribution is -2.30. The number of carbonyl (C=O) groups excluding carboxylic acids is 1. The molecule has 0 aromatic heterocycles. The molecule has 1 amide bonds. The maximum Gasteiger partial charge on any atom is 0.260 e. The maximum absolute atomic E-state index is 12.4. The fourth-order valence-electron chi connectivity index (χ4n) is 3.24. The Hall–Kier alpha value is -2.60. The van der Waals surface area contributed by atoms with Gasteiger partial charge in [-0.1, -0.05) is 84.4 Å². The van der Waals surface area contributed by atoms with Gasteiger partial charge in [0.2, 0.25) is 0 Å². The molecule has 0 spiro atoms. The quantitative estimate of drug-likeness (QED) is 0.364. The Morgan fingerprint density at radius 3 is 2.38 bits per heavy atom. The van der Waals surface area contributed by atoms with Crippen LogP contribution in [-0.2, 0) is 17.8 Å². The van der Waals surface area contributed by atoms with Gasteiger partial charge < -0.3 is 15.4 Å². The van der Waals surface area contributed by atoms with E-state index in [0.717, 1.165) is 23.2 Å². The average Bonchev–Trinajstić information content (AvgIpc) is 3.12. The highest BCUT2D eigenvalue weighted by Crippen LogP contribution is 2.37. The lowest BCUT2D eigenvalue weighted by atomic mass is 10.1. The molecule has 1 saturated heterocycles. The van der Waals surface area contributed by atoms with Crippen LogP contribution in [0.2, 0.25) is 10.0 Å². The first-order valence-corrected chi connectivity index (χ1v) is 11.9. The van der Waals surface area contributed by atoms with Crippen molar-refractivity contribution in [1.82, 2.24) is 5.32 Å². The first-order valence-electron chi connectivity index (χ1n) is 10.2. The van der Waals surface area contributed by atoms with Crippen molar-refractivity contribution < 1.29 is 9.53 Å². The number of aryl methyl sites for hydroxylation is 1. The third-order valence-electron chi connectivity index (χ3n) is 4.94. The Morgan fingerprint density at radius 2 is 1.72 bits per heavy atom. The molecule has 32 heavy (non-hydrogen) atoms. The van der Waals surface area contributed by atoms with Gasteiger partial charge in [-0.2, -0.15) is 0 Å². The zero-order valence-corrected chi connectivity index (χ0v) is 19.7. The van der Waals surface area contributed by atoms with Crippen molar-refractivity contribution in [2.75, 3.05) is 5.32 Å². The second kappa shape index (κ2) is 10.3. The molecule has 1 heterocycles. The predicted molar refractivity (Wildman–Crippen MR) is 134 cm³/mol. The molecule has 0 unspecified atom stereocenters. The maximum atomic E-state index is 12.4. The van der Waals surface area contributed by atoms with Crippen molar-refractivity contribution >= 4 is 52.6 Å². The number of carbonyl (C=O) groups is 1. The molecule has 0 saturated carbocycles. The summed E-state index contributed by atoms with van der Waals surface area (Å²) in [7, 11) is 0. The van der Waals surface area contributed by atoms with Crippen LogP contribution in [0.1, 0.15) is 23.6 Å². The van der Waals surface area contributed by atoms with Crippen LogP contribution in [0.3, 0.4) is 0 Å². The molecule has 1 fully saturated rings. The van der Waals surface area contributed by atoms with Crippen LogP contribution in [0, 0.1) is 0 Å². The number of ether oxygens (including phenoxy) is 1. The molecule has 3 aromatic rings. The van der Waals surface area contributed by atoms with E-state index >= 15 is 0 Å². The Morgan fingerprint density at radius 1 is 1.03 bits per heavy atom. The molecular weight excluding hydrogens is 463 g/mol. The van der Waals surface area contributed by atoms with Crippen molar-refractivity contribution in [1.29, 1.82) is 0 Å². The standard InChI is InChI=1S/C25H22Cl2N2O2S/c1-2-16-8-10-19(11-9-16)28-25-29-24(30)22(32-25)14-18-12-20(26)23(21(27)13-18)31-15-17-6-4-3-5-7-17/h3-14,25,28H,2,15H2,1H3,(H,29,30)/b22-14-/t25-/m0/s1. The van der Waals surface area contributed by atoms with Gasteiger partial charge in [-0.15, -0.1) is 0 Å². The van der Waals surface area contributed by atoms with Crippen molar-refractivity contribution in [2.24, 2.45) is 0 Å². The van der Waals surface area contributed by atoms with Gasteiger partial charge >= 0.3 is 0 Å². The normalized spacial score (nSPS) is 16.8. The highest BCUT2D eigenvalue weighted by atomic mass is 35.5. The minimum absolute atomic E-state index is 0.144. The molecule has 4 nitrogen and oxygen atoms in total. The molecule has 1 aliphatic rings. The molecule has 3 aromatic carbocycles. The van der Waals surface area contributed by atoms with Gasteiger partial charge in [-0.3, -0.25) is 4.79 Å². The van der Waals surface area contributed by atoms with Gasteiger partial charge in [0.05, 0.1) is 15.0 Å². The molecule has 1 aliphatic heterocycles. The largest absolute Gasteiger partial charge is 0.486 e. The van der Waals surface area contributed by atoms with Crippen LogP contribution in [0.25, 0.3) is 6.08 Å². The summed E-state index contributed by atoms with van der Waals surface area (Å²) in [6, 6.07) is 21.5. The van der Waals surface area contributed by atoms with Gasteiger partial charge in [0.25, 0.3) is 5.91 Å². The van der Waals surface area contributed by atoms with Crippen LogP contribution in [-0.4, -0.2) is 11.4 Å². The molecule has 7 heteroatoms. The molecule has 4 rings (SSSR count). The monoisotopic (exact) mass is 484 g/mol. The van der Waals surface area contributed by atoms with Crippen LogP contribution in [0.15, 0.2) is 71.6 Å². The van der Waals surface area contributed by atoms with Gasteiger partial charge in [0.1, 0.15) is 6.61 Å². The third kappa shape index (κ3) is 5.60. The number of amides is 1. The van der Waals surface area contributed by atoms with E-state index in [0.29, 0.717) is 27.3 Å². The number of benzene rings is 3. The van der Waals surface area contributed by atoms with E-state index in [1.807, 2.05) is 42.5 Å². The number of thioether (sulfide) groups is 1. The van der Waals surface area contributed by atoms with Crippen LogP contribution in [0.4, 0.5) is 5.69 Å². The first-order chi connectivity index (χ1) is 15.5. The van der Waals surface area contributed by atoms with Crippen LogP contribution in [0.5, 0.6) is 5.75 Å². The molecule has 0 bridgehead atoms. The summed E-state index contributed by atoms with van der Waals surface area (Å²) < 4.78 is 5.82. The fourth-order valence-corrected chi connectivity index (χ4v) is 4.83. The van der Waals surface area contributed by atoms with E-state index in [2.05, 4.69) is 29.7 Å². The Bertz CT molecular complexity index is 1110. The summed E-state index contributed by atoms with van der Waals surface area (Å²) in [5.41, 5.74) is 3.72. The summed E-state index contributed by atoms with van der Waals surface area (Å²) in [4.78, 5) is 13.0. The first kappa shape index (κ1) is 22.6. The van der Waals surface area contributed by atoms with E-state index < -0.39 is 0 Å². The van der Waals surface area contributed by atoms with Crippen LogP contribution < -0.4 is 15.4 Å². The van der Waals surface area contributed by atoms with Gasteiger partial charge in [0, 0.05) is 5.69 Å². The van der Waals surface area contributed by atoms with Gasteiger partial charge in [-0.25, -0.2) is 0 Å². The van der Waals surface area contributed by atoms with E-state index in [4.69, 9.17) is 27.9 Å². The number of hydrogen-bond donors (Lipinski definition) is 2. The molecule has 0 aliphatic carbocycles. The highest BCUT2D eigenvalue weighted by molar-refractivity contribution is 8.05. The summed E-state index contributed by atoms with van der Waals surface area (Å²) in [6.07, 6.45) is 2.77. The van der Waals surface area contributed by atoms with Crippen molar-refractivity contribution in [2.45, 2.75) is 25.4 Å². The molecular formula is C25H22Cl2N2O2S. The lowest BCUT2D eigenvalue weighted by molar-refractivity contribution is -0.116. The minimum Gasteiger partial charge on any atom is -0.486 e. The van der Waals surface area contributed by atoms with Gasteiger partial charge in [0.15, 0.2) is 11.2 Å². The lowest BCUT2D eigenvalue weighted by Gasteiger charge is -2.13. The van der Waals surface area contributed by atoms with E-state index in [1.54, 1.807) is 18.2 Å². The summed E-state index contributed by atoms with van der Waals surface area (Å²) in [5, 5.41) is 7.05. The summed E-state index contributed by atoms with van der Waals surface area (Å²) >= 11 is 14.3. The third-order valence-corrected chi connectivity index (χ3v) is 6.53. The second-order valence-electron chi connectivity index (χ2n) is 7.26.